The normalized spacial score (nSPS) is 21.3. The Kier molecular flexibility index (Phi) is 5.32. The molecule has 1 aliphatic rings. The second-order valence-electron chi connectivity index (χ2n) is 5.22. The van der Waals surface area contributed by atoms with E-state index in [4.69, 9.17) is 5.11 Å². The lowest BCUT2D eigenvalue weighted by Crippen LogP contribution is -2.46. The fraction of sp³-hybridized carbons (Fsp3) is 0.500. The Hall–Kier alpha value is -1.90. The molecule has 2 atom stereocenters. The molecule has 1 heterocycles. The number of pyridine rings is 1. The van der Waals surface area contributed by atoms with Gasteiger partial charge in [0.2, 0.25) is 0 Å². The summed E-state index contributed by atoms with van der Waals surface area (Å²) >= 11 is 0. The van der Waals surface area contributed by atoms with Gasteiger partial charge in [-0.2, -0.15) is 0 Å². The van der Waals surface area contributed by atoms with Gasteiger partial charge in [0.15, 0.2) is 0 Å². The monoisotopic (exact) mass is 288 g/mol. The fourth-order valence-electron chi connectivity index (χ4n) is 2.70. The number of amides is 1. The number of hydrogen-bond donors (Lipinski definition) is 2. The first-order valence-corrected chi connectivity index (χ1v) is 7.14. The maximum absolute atomic E-state index is 12.6. The van der Waals surface area contributed by atoms with Crippen molar-refractivity contribution in [3.63, 3.8) is 0 Å². The van der Waals surface area contributed by atoms with Crippen molar-refractivity contribution in [2.24, 2.45) is 0 Å². The van der Waals surface area contributed by atoms with Crippen LogP contribution in [0.25, 0.3) is 0 Å². The van der Waals surface area contributed by atoms with Gasteiger partial charge < -0.3 is 15.1 Å². The van der Waals surface area contributed by atoms with Gasteiger partial charge in [-0.15, -0.1) is 0 Å². The van der Waals surface area contributed by atoms with Crippen molar-refractivity contribution >= 4 is 5.91 Å². The minimum Gasteiger partial charge on any atom is -0.391 e. The van der Waals surface area contributed by atoms with E-state index in [-0.39, 0.29) is 18.6 Å². The van der Waals surface area contributed by atoms with Crippen LogP contribution in [0.1, 0.15) is 41.6 Å². The summed E-state index contributed by atoms with van der Waals surface area (Å²) in [6.07, 6.45) is 6.15. The topological polar surface area (TPSA) is 73.7 Å². The Balaban J connectivity index is 2.23. The van der Waals surface area contributed by atoms with Crippen LogP contribution in [-0.2, 0) is 0 Å². The molecule has 0 saturated heterocycles. The van der Waals surface area contributed by atoms with E-state index in [2.05, 4.69) is 16.8 Å². The summed E-state index contributed by atoms with van der Waals surface area (Å²) in [6, 6.07) is 1.47. The molecule has 2 rings (SSSR count). The smallest absolute Gasteiger partial charge is 0.255 e. The van der Waals surface area contributed by atoms with Gasteiger partial charge in [0.25, 0.3) is 5.91 Å². The first kappa shape index (κ1) is 15.5. The van der Waals surface area contributed by atoms with Crippen molar-refractivity contribution in [1.82, 2.24) is 9.88 Å². The van der Waals surface area contributed by atoms with Crippen LogP contribution in [0.5, 0.6) is 0 Å². The average molecular weight is 288 g/mol. The zero-order valence-electron chi connectivity index (χ0n) is 12.1. The number of rotatable bonds is 2. The second kappa shape index (κ2) is 7.21. The molecule has 0 spiro atoms. The van der Waals surface area contributed by atoms with Gasteiger partial charge >= 0.3 is 0 Å². The van der Waals surface area contributed by atoms with Crippen molar-refractivity contribution < 1.29 is 15.0 Å². The molecular weight excluding hydrogens is 268 g/mol. The first-order chi connectivity index (χ1) is 10.1. The van der Waals surface area contributed by atoms with E-state index in [0.717, 1.165) is 25.7 Å². The number of aliphatic hydroxyl groups is 2. The van der Waals surface area contributed by atoms with E-state index < -0.39 is 6.10 Å². The van der Waals surface area contributed by atoms with Crippen LogP contribution in [0.15, 0.2) is 18.5 Å². The molecule has 1 saturated carbocycles. The zero-order valence-corrected chi connectivity index (χ0v) is 12.1. The molecule has 2 unspecified atom stereocenters. The van der Waals surface area contributed by atoms with E-state index in [0.29, 0.717) is 11.1 Å². The van der Waals surface area contributed by atoms with Gasteiger partial charge in [0.05, 0.1) is 23.3 Å². The number of carbonyl (C=O) groups excluding carboxylic acids is 1. The van der Waals surface area contributed by atoms with Crippen molar-refractivity contribution in [2.75, 3.05) is 13.7 Å². The summed E-state index contributed by atoms with van der Waals surface area (Å²) in [5.41, 5.74) is 0.944. The van der Waals surface area contributed by atoms with Crippen LogP contribution in [0, 0.1) is 11.8 Å². The standard InChI is InChI=1S/C16H20N2O3/c1-18(14-6-2-3-7-15(14)20)16(21)13-8-9-17-11-12(13)5-4-10-19/h8-9,11,14-15,19-20H,2-3,6-7,10H2,1H3. The van der Waals surface area contributed by atoms with Crippen LogP contribution in [0.3, 0.4) is 0 Å². The van der Waals surface area contributed by atoms with Gasteiger partial charge in [-0.05, 0) is 18.9 Å². The highest BCUT2D eigenvalue weighted by molar-refractivity contribution is 5.96. The van der Waals surface area contributed by atoms with Crippen molar-refractivity contribution in [3.8, 4) is 11.8 Å². The summed E-state index contributed by atoms with van der Waals surface area (Å²) in [6.45, 7) is -0.264. The number of nitrogens with zero attached hydrogens (tertiary/aromatic N) is 2. The Bertz CT molecular complexity index is 562. The molecular formula is C16H20N2O3. The van der Waals surface area contributed by atoms with E-state index in [9.17, 15) is 9.90 Å². The predicted octanol–water partition coefficient (Wildman–Crippen LogP) is 0.801. The predicted molar refractivity (Wildman–Crippen MR) is 78.6 cm³/mol. The molecule has 1 aliphatic carbocycles. The van der Waals surface area contributed by atoms with Crippen LogP contribution < -0.4 is 0 Å². The zero-order chi connectivity index (χ0) is 15.2. The number of aliphatic hydroxyl groups excluding tert-OH is 2. The van der Waals surface area contributed by atoms with Gasteiger partial charge in [-0.25, -0.2) is 0 Å². The summed E-state index contributed by atoms with van der Waals surface area (Å²) < 4.78 is 0. The maximum Gasteiger partial charge on any atom is 0.255 e. The molecule has 21 heavy (non-hydrogen) atoms. The van der Waals surface area contributed by atoms with Crippen LogP contribution in [0.2, 0.25) is 0 Å². The lowest BCUT2D eigenvalue weighted by atomic mass is 9.91. The molecule has 5 heteroatoms. The number of aromatic nitrogens is 1. The minimum atomic E-state index is -0.471. The van der Waals surface area contributed by atoms with E-state index in [1.807, 2.05) is 0 Å². The Labute approximate surface area is 124 Å². The molecule has 0 bridgehead atoms. The summed E-state index contributed by atoms with van der Waals surface area (Å²) in [5, 5.41) is 18.9. The largest absolute Gasteiger partial charge is 0.391 e. The van der Waals surface area contributed by atoms with Crippen molar-refractivity contribution in [1.29, 1.82) is 0 Å². The van der Waals surface area contributed by atoms with Crippen LogP contribution in [0.4, 0.5) is 0 Å². The number of likely N-dealkylation sites (N-methyl/N-ethyl adjacent to an activating group) is 1. The molecule has 5 nitrogen and oxygen atoms in total. The lowest BCUT2D eigenvalue weighted by molar-refractivity contribution is 0.0268. The third-order valence-corrected chi connectivity index (χ3v) is 3.87. The third kappa shape index (κ3) is 3.60. The SMILES string of the molecule is CN(C(=O)c1ccncc1C#CCO)C1CCCCC1O. The van der Waals surface area contributed by atoms with Crippen molar-refractivity contribution in [3.05, 3.63) is 29.6 Å². The van der Waals surface area contributed by atoms with Crippen molar-refractivity contribution in [2.45, 2.75) is 37.8 Å². The Morgan fingerprint density at radius 3 is 2.95 bits per heavy atom. The second-order valence-corrected chi connectivity index (χ2v) is 5.22. The fourth-order valence-corrected chi connectivity index (χ4v) is 2.70. The highest BCUT2D eigenvalue weighted by atomic mass is 16.3. The summed E-state index contributed by atoms with van der Waals surface area (Å²) in [7, 11) is 1.71. The molecule has 0 radical (unpaired) electrons. The molecule has 1 fully saturated rings. The number of carbonyl (C=O) groups is 1. The first-order valence-electron chi connectivity index (χ1n) is 7.14. The van der Waals surface area contributed by atoms with Gasteiger partial charge in [-0.3, -0.25) is 9.78 Å². The third-order valence-electron chi connectivity index (χ3n) is 3.87. The molecule has 1 amide bonds. The van der Waals surface area contributed by atoms with E-state index in [1.165, 1.54) is 6.20 Å². The Morgan fingerprint density at radius 2 is 2.24 bits per heavy atom. The van der Waals surface area contributed by atoms with E-state index >= 15 is 0 Å². The molecule has 1 aromatic heterocycles. The summed E-state index contributed by atoms with van der Waals surface area (Å²) in [5.74, 6) is 5.10. The molecule has 0 aromatic carbocycles. The highest BCUT2D eigenvalue weighted by Crippen LogP contribution is 2.24. The van der Waals surface area contributed by atoms with Crippen LogP contribution >= 0.6 is 0 Å². The molecule has 112 valence electrons. The van der Waals surface area contributed by atoms with E-state index in [1.54, 1.807) is 24.2 Å². The van der Waals surface area contributed by atoms with Gasteiger partial charge in [-0.1, -0.05) is 24.7 Å². The highest BCUT2D eigenvalue weighted by Gasteiger charge is 2.30. The molecule has 1 aromatic rings. The Morgan fingerprint density at radius 1 is 1.48 bits per heavy atom. The van der Waals surface area contributed by atoms with Crippen LogP contribution in [-0.4, -0.2) is 51.8 Å². The van der Waals surface area contributed by atoms with Gasteiger partial charge in [0, 0.05) is 19.4 Å². The lowest BCUT2D eigenvalue weighted by Gasteiger charge is -2.35. The molecule has 0 aliphatic heterocycles. The molecule has 2 N–H and O–H groups in total. The van der Waals surface area contributed by atoms with Gasteiger partial charge in [0.1, 0.15) is 6.61 Å². The number of hydrogen-bond acceptors (Lipinski definition) is 4. The summed E-state index contributed by atoms with van der Waals surface area (Å²) in [4.78, 5) is 18.2. The average Bonchev–Trinajstić information content (AvgIpc) is 2.52. The quantitative estimate of drug-likeness (QED) is 0.790. The minimum absolute atomic E-state index is 0.155. The maximum atomic E-state index is 12.6.